The van der Waals surface area contributed by atoms with Crippen molar-refractivity contribution in [3.8, 4) is 0 Å². The van der Waals surface area contributed by atoms with Crippen molar-refractivity contribution in [3.63, 3.8) is 0 Å². The zero-order valence-corrected chi connectivity index (χ0v) is 26.9. The van der Waals surface area contributed by atoms with E-state index >= 15 is 0 Å². The molecule has 0 aromatic heterocycles. The van der Waals surface area contributed by atoms with Crippen LogP contribution in [-0.2, 0) is 38.0 Å². The summed E-state index contributed by atoms with van der Waals surface area (Å²) in [5, 5.41) is 3.48. The highest BCUT2D eigenvalue weighted by Gasteiger charge is 2.33. The summed E-state index contributed by atoms with van der Waals surface area (Å²) < 4.78 is 27.1. The van der Waals surface area contributed by atoms with Gasteiger partial charge in [-0.25, -0.2) is 8.42 Å². The molecular weight excluding hydrogens is 570 g/mol. The highest BCUT2D eigenvalue weighted by molar-refractivity contribution is 7.92. The van der Waals surface area contributed by atoms with Crippen LogP contribution < -0.4 is 9.62 Å². The predicted molar refractivity (Wildman–Crippen MR) is 171 cm³/mol. The van der Waals surface area contributed by atoms with Gasteiger partial charge < -0.3 is 10.2 Å². The van der Waals surface area contributed by atoms with Crippen molar-refractivity contribution in [2.24, 2.45) is 0 Å². The lowest BCUT2D eigenvalue weighted by atomic mass is 9.87. The number of anilines is 1. The first-order valence-corrected chi connectivity index (χ1v) is 16.4. The molecule has 226 valence electrons. The van der Waals surface area contributed by atoms with E-state index in [1.54, 1.807) is 30.3 Å². The Morgan fingerprint density at radius 3 is 2.07 bits per heavy atom. The first-order chi connectivity index (χ1) is 19.7. The Balaban J connectivity index is 2.07. The molecule has 0 heterocycles. The Morgan fingerprint density at radius 2 is 1.52 bits per heavy atom. The quantitative estimate of drug-likeness (QED) is 0.274. The van der Waals surface area contributed by atoms with Crippen LogP contribution in [-0.4, -0.2) is 50.0 Å². The van der Waals surface area contributed by atoms with Crippen LogP contribution in [0.4, 0.5) is 5.69 Å². The van der Waals surface area contributed by atoms with Crippen LogP contribution >= 0.6 is 11.6 Å². The zero-order valence-electron chi connectivity index (χ0n) is 25.3. The van der Waals surface area contributed by atoms with E-state index in [1.807, 2.05) is 62.4 Å². The number of sulfonamides is 1. The van der Waals surface area contributed by atoms with Gasteiger partial charge >= 0.3 is 0 Å². The van der Waals surface area contributed by atoms with Gasteiger partial charge in [-0.3, -0.25) is 13.9 Å². The Kier molecular flexibility index (Phi) is 11.2. The fourth-order valence-corrected chi connectivity index (χ4v) is 5.59. The molecular formula is C33H42ClN3O4S. The van der Waals surface area contributed by atoms with Gasteiger partial charge in [-0.05, 0) is 53.6 Å². The molecule has 0 spiro atoms. The highest BCUT2D eigenvalue weighted by atomic mass is 35.5. The van der Waals surface area contributed by atoms with Crippen molar-refractivity contribution < 1.29 is 18.0 Å². The van der Waals surface area contributed by atoms with Crippen LogP contribution in [0.3, 0.4) is 0 Å². The molecule has 42 heavy (non-hydrogen) atoms. The summed E-state index contributed by atoms with van der Waals surface area (Å²) in [6, 6.07) is 22.7. The average molecular weight is 612 g/mol. The van der Waals surface area contributed by atoms with E-state index in [0.717, 1.165) is 21.7 Å². The first kappa shape index (κ1) is 33.1. The van der Waals surface area contributed by atoms with Crippen molar-refractivity contribution in [1.82, 2.24) is 10.2 Å². The summed E-state index contributed by atoms with van der Waals surface area (Å²) in [7, 11) is -3.84. The van der Waals surface area contributed by atoms with Gasteiger partial charge in [0, 0.05) is 24.0 Å². The number of amides is 2. The molecule has 3 aromatic rings. The maximum atomic E-state index is 14.2. The van der Waals surface area contributed by atoms with Gasteiger partial charge in [0.1, 0.15) is 12.6 Å². The molecule has 3 rings (SSSR count). The molecule has 0 fully saturated rings. The minimum absolute atomic E-state index is 0.0322. The summed E-state index contributed by atoms with van der Waals surface area (Å²) >= 11 is 6.51. The van der Waals surface area contributed by atoms with Gasteiger partial charge in [0.25, 0.3) is 0 Å². The molecule has 0 saturated heterocycles. The topological polar surface area (TPSA) is 86.8 Å². The lowest BCUT2D eigenvalue weighted by Crippen LogP contribution is -2.54. The number of carbonyl (C=O) groups is 2. The largest absolute Gasteiger partial charge is 0.352 e. The van der Waals surface area contributed by atoms with E-state index in [-0.39, 0.29) is 30.3 Å². The van der Waals surface area contributed by atoms with E-state index in [1.165, 1.54) is 4.90 Å². The van der Waals surface area contributed by atoms with Crippen LogP contribution in [0.5, 0.6) is 0 Å². The summed E-state index contributed by atoms with van der Waals surface area (Å²) in [5.41, 5.74) is 2.82. The maximum absolute atomic E-state index is 14.2. The number of carbonyl (C=O) groups excluding carboxylic acids is 2. The lowest BCUT2D eigenvalue weighted by Gasteiger charge is -2.34. The third-order valence-electron chi connectivity index (χ3n) is 7.27. The summed E-state index contributed by atoms with van der Waals surface area (Å²) in [5.74, 6) is -0.825. The SMILES string of the molecule is CC[C@@H](C)NC(=O)[C@@H](Cc1ccccc1)N(Cc1ccccc1Cl)C(=O)CN(c1ccc(C(C)(C)C)cc1)S(C)(=O)=O. The van der Waals surface area contributed by atoms with E-state index in [2.05, 4.69) is 26.1 Å². The minimum atomic E-state index is -3.84. The van der Waals surface area contributed by atoms with Gasteiger partial charge in [0.15, 0.2) is 0 Å². The number of hydrogen-bond donors (Lipinski definition) is 1. The summed E-state index contributed by atoms with van der Waals surface area (Å²) in [6.07, 6.45) is 2.04. The number of hydrogen-bond acceptors (Lipinski definition) is 4. The Morgan fingerprint density at radius 1 is 0.929 bits per heavy atom. The predicted octanol–water partition coefficient (Wildman–Crippen LogP) is 5.96. The molecule has 1 N–H and O–H groups in total. The van der Waals surface area contributed by atoms with Gasteiger partial charge in [-0.15, -0.1) is 0 Å². The van der Waals surface area contributed by atoms with Crippen LogP contribution in [0.2, 0.25) is 5.02 Å². The van der Waals surface area contributed by atoms with Crippen LogP contribution in [0, 0.1) is 0 Å². The van der Waals surface area contributed by atoms with Crippen LogP contribution in [0.25, 0.3) is 0 Å². The smallest absolute Gasteiger partial charge is 0.244 e. The van der Waals surface area contributed by atoms with Crippen LogP contribution in [0.1, 0.15) is 57.7 Å². The molecule has 2 atom stereocenters. The second kappa shape index (κ2) is 14.2. The van der Waals surface area contributed by atoms with Crippen molar-refractivity contribution in [3.05, 3.63) is 101 Å². The molecule has 2 amide bonds. The number of nitrogens with zero attached hydrogens (tertiary/aromatic N) is 2. The zero-order chi connectivity index (χ0) is 31.1. The van der Waals surface area contributed by atoms with Crippen molar-refractivity contribution in [2.45, 2.75) is 71.5 Å². The second-order valence-electron chi connectivity index (χ2n) is 11.7. The second-order valence-corrected chi connectivity index (χ2v) is 14.0. The molecule has 3 aromatic carbocycles. The highest BCUT2D eigenvalue weighted by Crippen LogP contribution is 2.27. The molecule has 0 bridgehead atoms. The van der Waals surface area contributed by atoms with E-state index in [9.17, 15) is 18.0 Å². The number of nitrogens with one attached hydrogen (secondary N) is 1. The Bertz CT molecular complexity index is 1450. The first-order valence-electron chi connectivity index (χ1n) is 14.2. The molecule has 0 aliphatic heterocycles. The molecule has 0 unspecified atom stereocenters. The lowest BCUT2D eigenvalue weighted by molar-refractivity contribution is -0.140. The minimum Gasteiger partial charge on any atom is -0.352 e. The average Bonchev–Trinajstić information content (AvgIpc) is 2.93. The van der Waals surface area contributed by atoms with Gasteiger partial charge in [0.2, 0.25) is 21.8 Å². The number of benzene rings is 3. The molecule has 0 aliphatic rings. The third-order valence-corrected chi connectivity index (χ3v) is 8.78. The van der Waals surface area contributed by atoms with E-state index in [4.69, 9.17) is 11.6 Å². The summed E-state index contributed by atoms with van der Waals surface area (Å²) in [6.45, 7) is 9.66. The van der Waals surface area contributed by atoms with E-state index in [0.29, 0.717) is 22.7 Å². The Hall–Kier alpha value is -3.36. The molecule has 9 heteroatoms. The number of rotatable bonds is 12. The monoisotopic (exact) mass is 611 g/mol. The molecule has 0 aliphatic carbocycles. The van der Waals surface area contributed by atoms with Crippen LogP contribution in [0.15, 0.2) is 78.9 Å². The van der Waals surface area contributed by atoms with Crippen molar-refractivity contribution in [1.29, 1.82) is 0 Å². The van der Waals surface area contributed by atoms with Gasteiger partial charge in [-0.2, -0.15) is 0 Å². The molecule has 0 saturated carbocycles. The number of halogens is 1. The van der Waals surface area contributed by atoms with Crippen molar-refractivity contribution >= 4 is 39.1 Å². The Labute approximate surface area is 255 Å². The normalized spacial score (nSPS) is 13.2. The van der Waals surface area contributed by atoms with Gasteiger partial charge in [-0.1, -0.05) is 100.0 Å². The van der Waals surface area contributed by atoms with Crippen molar-refractivity contribution in [2.75, 3.05) is 17.1 Å². The van der Waals surface area contributed by atoms with E-state index < -0.39 is 28.5 Å². The fraction of sp³-hybridized carbons (Fsp3) is 0.394. The standard InChI is InChI=1S/C33H42ClN3O4S/c1-7-24(2)35-32(39)30(21-25-13-9-8-10-14-25)36(22-26-15-11-12-16-29(26)34)31(38)23-37(42(6,40)41)28-19-17-27(18-20-28)33(3,4)5/h8-20,24,30H,7,21-23H2,1-6H3,(H,35,39)/t24-,30-/m1/s1. The molecule has 0 radical (unpaired) electrons. The van der Waals surface area contributed by atoms with Gasteiger partial charge in [0.05, 0.1) is 11.9 Å². The maximum Gasteiger partial charge on any atom is 0.244 e. The summed E-state index contributed by atoms with van der Waals surface area (Å²) in [4.78, 5) is 29.4. The third kappa shape index (κ3) is 9.07. The fourth-order valence-electron chi connectivity index (χ4n) is 4.55. The molecule has 7 nitrogen and oxygen atoms in total.